The molecule has 8 nitrogen and oxygen atoms in total. The molecule has 1 aliphatic heterocycles. The van der Waals surface area contributed by atoms with E-state index in [0.29, 0.717) is 30.9 Å². The van der Waals surface area contributed by atoms with Gasteiger partial charge < -0.3 is 10.6 Å². The fraction of sp³-hybridized carbons (Fsp3) is 0.316. The second-order valence-corrected chi connectivity index (χ2v) is 7.02. The number of halogens is 2. The van der Waals surface area contributed by atoms with E-state index in [0.717, 1.165) is 11.1 Å². The molecule has 1 atom stereocenters. The summed E-state index contributed by atoms with van der Waals surface area (Å²) in [6.07, 6.45) is 0.953. The predicted molar refractivity (Wildman–Crippen MR) is 102 cm³/mol. The zero-order chi connectivity index (χ0) is 20.4. The van der Waals surface area contributed by atoms with Crippen molar-refractivity contribution in [1.82, 2.24) is 30.3 Å². The van der Waals surface area contributed by atoms with Crippen molar-refractivity contribution in [3.05, 3.63) is 47.9 Å². The van der Waals surface area contributed by atoms with E-state index in [1.807, 2.05) is 31.3 Å². The Balaban J connectivity index is 1.53. The van der Waals surface area contributed by atoms with Crippen molar-refractivity contribution in [3.63, 3.8) is 0 Å². The Bertz CT molecular complexity index is 1040. The molecule has 10 heteroatoms. The van der Waals surface area contributed by atoms with Gasteiger partial charge in [-0.15, -0.1) is 5.10 Å². The van der Waals surface area contributed by atoms with Gasteiger partial charge in [0.25, 0.3) is 6.43 Å². The van der Waals surface area contributed by atoms with Crippen molar-refractivity contribution in [2.45, 2.75) is 26.3 Å². The van der Waals surface area contributed by atoms with Crippen LogP contribution in [0.4, 0.5) is 20.4 Å². The molecule has 2 N–H and O–H groups in total. The third-order valence-corrected chi connectivity index (χ3v) is 4.58. The predicted octanol–water partition coefficient (Wildman–Crippen LogP) is 2.86. The average Bonchev–Trinajstić information content (AvgIpc) is 3.31. The highest BCUT2D eigenvalue weighted by atomic mass is 19.3. The van der Waals surface area contributed by atoms with Gasteiger partial charge in [0.1, 0.15) is 11.4 Å². The third kappa shape index (κ3) is 4.53. The molecule has 2 aromatic heterocycles. The summed E-state index contributed by atoms with van der Waals surface area (Å²) in [6, 6.07) is 6.84. The number of aryl methyl sites for hydroxylation is 1. The molecule has 0 saturated carbocycles. The molecular formula is C19H19F2N7O. The van der Waals surface area contributed by atoms with Gasteiger partial charge >= 0.3 is 0 Å². The minimum absolute atomic E-state index is 0.0582. The first-order valence-corrected chi connectivity index (χ1v) is 9.13. The number of alkyl halides is 2. The molecule has 1 saturated heterocycles. The minimum Gasteiger partial charge on any atom is -0.356 e. The molecule has 1 fully saturated rings. The van der Waals surface area contributed by atoms with Crippen molar-refractivity contribution in [2.24, 2.45) is 5.92 Å². The summed E-state index contributed by atoms with van der Waals surface area (Å²) in [5.74, 6) is 0.357. The second kappa shape index (κ2) is 7.90. The maximum atomic E-state index is 12.8. The highest BCUT2D eigenvalue weighted by Gasteiger charge is 2.22. The number of nitrogens with zero attached hydrogens (tertiary/aromatic N) is 5. The lowest BCUT2D eigenvalue weighted by atomic mass is 10.1. The molecule has 0 aliphatic carbocycles. The second-order valence-electron chi connectivity index (χ2n) is 7.02. The molecule has 1 amide bonds. The van der Waals surface area contributed by atoms with Crippen LogP contribution in [0.1, 0.15) is 24.1 Å². The number of carbonyl (C=O) groups excluding carboxylic acids is 1. The Labute approximate surface area is 165 Å². The highest BCUT2D eigenvalue weighted by molar-refractivity contribution is 5.78. The molecule has 150 valence electrons. The SMILES string of the molecule is Cc1cc(Nc2nccc(C(F)F)n2)cc(-c2cn(CC3CNC(=O)C3)nn2)c1. The molecule has 3 heterocycles. The van der Waals surface area contributed by atoms with Crippen LogP contribution in [-0.4, -0.2) is 37.4 Å². The van der Waals surface area contributed by atoms with Crippen LogP contribution in [0, 0.1) is 12.8 Å². The van der Waals surface area contributed by atoms with Gasteiger partial charge in [-0.2, -0.15) is 0 Å². The molecule has 3 aromatic rings. The molecule has 29 heavy (non-hydrogen) atoms. The van der Waals surface area contributed by atoms with E-state index >= 15 is 0 Å². The van der Waals surface area contributed by atoms with Gasteiger partial charge in [-0.1, -0.05) is 5.21 Å². The Hall–Kier alpha value is -3.43. The largest absolute Gasteiger partial charge is 0.356 e. The smallest absolute Gasteiger partial charge is 0.280 e. The number of hydrogen-bond donors (Lipinski definition) is 2. The quantitative estimate of drug-likeness (QED) is 0.662. The lowest BCUT2D eigenvalue weighted by Crippen LogP contribution is -2.16. The van der Waals surface area contributed by atoms with Crippen LogP contribution < -0.4 is 10.6 Å². The summed E-state index contributed by atoms with van der Waals surface area (Å²) in [5, 5.41) is 14.2. The Morgan fingerprint density at radius 3 is 2.97 bits per heavy atom. The fourth-order valence-corrected chi connectivity index (χ4v) is 3.26. The first kappa shape index (κ1) is 18.9. The Morgan fingerprint density at radius 1 is 1.34 bits per heavy atom. The van der Waals surface area contributed by atoms with Gasteiger partial charge in [-0.3, -0.25) is 9.48 Å². The number of carbonyl (C=O) groups is 1. The molecule has 1 unspecified atom stereocenters. The highest BCUT2D eigenvalue weighted by Crippen LogP contribution is 2.25. The summed E-state index contributed by atoms with van der Waals surface area (Å²) in [5.41, 5.74) is 2.78. The molecule has 0 bridgehead atoms. The van der Waals surface area contributed by atoms with Gasteiger partial charge in [0.15, 0.2) is 0 Å². The Kier molecular flexibility index (Phi) is 5.15. The van der Waals surface area contributed by atoms with E-state index < -0.39 is 6.43 Å². The van der Waals surface area contributed by atoms with Crippen LogP contribution in [0.3, 0.4) is 0 Å². The number of anilines is 2. The van der Waals surface area contributed by atoms with E-state index in [2.05, 4.69) is 30.9 Å². The van der Waals surface area contributed by atoms with Crippen molar-refractivity contribution >= 4 is 17.5 Å². The van der Waals surface area contributed by atoms with Crippen molar-refractivity contribution < 1.29 is 13.6 Å². The summed E-state index contributed by atoms with van der Waals surface area (Å²) >= 11 is 0. The van der Waals surface area contributed by atoms with E-state index in [1.54, 1.807) is 4.68 Å². The molecule has 1 aromatic carbocycles. The lowest BCUT2D eigenvalue weighted by Gasteiger charge is -2.09. The maximum absolute atomic E-state index is 12.8. The summed E-state index contributed by atoms with van der Waals surface area (Å²) < 4.78 is 27.4. The molecular weight excluding hydrogens is 380 g/mol. The summed E-state index contributed by atoms with van der Waals surface area (Å²) in [6.45, 7) is 3.17. The molecule has 4 rings (SSSR count). The van der Waals surface area contributed by atoms with Crippen LogP contribution in [0.15, 0.2) is 36.7 Å². The zero-order valence-electron chi connectivity index (χ0n) is 15.6. The van der Waals surface area contributed by atoms with Crippen LogP contribution in [-0.2, 0) is 11.3 Å². The standard InChI is InChI=1S/C19H19F2N7O/c1-11-4-13(16-10-28(27-26-16)9-12-6-17(29)23-8-12)7-14(5-11)24-19-22-3-2-15(25-19)18(20)21/h2-5,7,10,12,18H,6,8-9H2,1H3,(H,23,29)(H,22,24,25). The first-order valence-electron chi connectivity index (χ1n) is 9.13. The van der Waals surface area contributed by atoms with Gasteiger partial charge in [-0.25, -0.2) is 18.7 Å². The number of amides is 1. The van der Waals surface area contributed by atoms with Gasteiger partial charge in [0.05, 0.1) is 6.20 Å². The van der Waals surface area contributed by atoms with Crippen molar-refractivity contribution in [2.75, 3.05) is 11.9 Å². The van der Waals surface area contributed by atoms with Crippen LogP contribution in [0.25, 0.3) is 11.3 Å². The zero-order valence-corrected chi connectivity index (χ0v) is 15.6. The monoisotopic (exact) mass is 399 g/mol. The average molecular weight is 399 g/mol. The Morgan fingerprint density at radius 2 is 2.21 bits per heavy atom. The topological polar surface area (TPSA) is 97.6 Å². The van der Waals surface area contributed by atoms with E-state index in [9.17, 15) is 13.6 Å². The minimum atomic E-state index is -2.66. The van der Waals surface area contributed by atoms with Crippen molar-refractivity contribution in [1.29, 1.82) is 0 Å². The lowest BCUT2D eigenvalue weighted by molar-refractivity contribution is -0.119. The number of benzene rings is 1. The van der Waals surface area contributed by atoms with E-state index in [-0.39, 0.29) is 23.5 Å². The number of aromatic nitrogens is 5. The van der Waals surface area contributed by atoms with Crippen LogP contribution in [0.2, 0.25) is 0 Å². The van der Waals surface area contributed by atoms with Crippen LogP contribution in [0.5, 0.6) is 0 Å². The summed E-state index contributed by atoms with van der Waals surface area (Å²) in [4.78, 5) is 19.2. The fourth-order valence-electron chi connectivity index (χ4n) is 3.26. The first-order chi connectivity index (χ1) is 14.0. The number of nitrogens with one attached hydrogen (secondary N) is 2. The van der Waals surface area contributed by atoms with Gasteiger partial charge in [-0.05, 0) is 36.8 Å². The normalized spacial score (nSPS) is 16.3. The molecule has 1 aliphatic rings. The number of rotatable bonds is 6. The van der Waals surface area contributed by atoms with Crippen LogP contribution >= 0.6 is 0 Å². The van der Waals surface area contributed by atoms with Gasteiger partial charge in [0, 0.05) is 42.9 Å². The van der Waals surface area contributed by atoms with E-state index in [4.69, 9.17) is 0 Å². The number of hydrogen-bond acceptors (Lipinski definition) is 6. The molecule has 0 radical (unpaired) electrons. The maximum Gasteiger partial charge on any atom is 0.280 e. The molecule has 0 spiro atoms. The van der Waals surface area contributed by atoms with Crippen molar-refractivity contribution in [3.8, 4) is 11.3 Å². The van der Waals surface area contributed by atoms with Gasteiger partial charge in [0.2, 0.25) is 11.9 Å². The summed E-state index contributed by atoms with van der Waals surface area (Å²) in [7, 11) is 0. The third-order valence-electron chi connectivity index (χ3n) is 4.58. The van der Waals surface area contributed by atoms with E-state index in [1.165, 1.54) is 12.3 Å².